The topological polar surface area (TPSA) is 81.0 Å². The molecule has 0 atom stereocenters. The lowest BCUT2D eigenvalue weighted by molar-refractivity contribution is 0.318. The van der Waals surface area contributed by atoms with Crippen LogP contribution in [0.4, 0.5) is 0 Å². The Morgan fingerprint density at radius 2 is 2.00 bits per heavy atom. The molecule has 4 rings (SSSR count). The summed E-state index contributed by atoms with van der Waals surface area (Å²) in [5, 5.41) is 8.85. The van der Waals surface area contributed by atoms with Gasteiger partial charge < -0.3 is 9.15 Å². The third-order valence-corrected chi connectivity index (χ3v) is 5.16. The molecule has 0 spiro atoms. The van der Waals surface area contributed by atoms with Gasteiger partial charge in [0.2, 0.25) is 5.16 Å². The van der Waals surface area contributed by atoms with Crippen molar-refractivity contribution in [2.24, 2.45) is 0 Å². The molecule has 0 aliphatic rings. The number of aromatic amines is 1. The van der Waals surface area contributed by atoms with Crippen LogP contribution in [0.2, 0.25) is 0 Å². The minimum absolute atomic E-state index is 0.347. The maximum absolute atomic E-state index is 11.5. The van der Waals surface area contributed by atoms with Gasteiger partial charge in [-0.15, -0.1) is 5.10 Å². The summed E-state index contributed by atoms with van der Waals surface area (Å²) in [6, 6.07) is 17.0. The van der Waals surface area contributed by atoms with Gasteiger partial charge in [-0.05, 0) is 31.0 Å². The van der Waals surface area contributed by atoms with E-state index in [1.807, 2.05) is 49.4 Å². The van der Waals surface area contributed by atoms with Crippen LogP contribution in [0.1, 0.15) is 12.0 Å². The molecule has 0 radical (unpaired) electrons. The van der Waals surface area contributed by atoms with Crippen LogP contribution in [-0.2, 0) is 0 Å². The Bertz CT molecular complexity index is 1140. The largest absolute Gasteiger partial charge is 0.493 e. The maximum atomic E-state index is 11.5. The van der Waals surface area contributed by atoms with Crippen LogP contribution in [0.3, 0.4) is 0 Å². The average Bonchev–Trinajstić information content (AvgIpc) is 3.17. The Hall–Kier alpha value is -3.06. The lowest BCUT2D eigenvalue weighted by Gasteiger charge is -2.07. The minimum atomic E-state index is -0.347. The van der Waals surface area contributed by atoms with Crippen LogP contribution in [0.5, 0.6) is 5.75 Å². The molecular formula is C21H19N3O3S. The van der Waals surface area contributed by atoms with Crippen molar-refractivity contribution in [3.05, 3.63) is 70.6 Å². The number of hydrogen-bond donors (Lipinski definition) is 1. The second kappa shape index (κ2) is 8.31. The quantitative estimate of drug-likeness (QED) is 0.284. The third kappa shape index (κ3) is 4.26. The number of rotatable bonds is 7. The normalized spacial score (nSPS) is 11.0. The summed E-state index contributed by atoms with van der Waals surface area (Å²) in [5.74, 6) is 2.30. The predicted octanol–water partition coefficient (Wildman–Crippen LogP) is 4.45. The second-order valence-electron chi connectivity index (χ2n) is 6.29. The molecule has 6 nitrogen and oxygen atoms in total. The summed E-state index contributed by atoms with van der Waals surface area (Å²) in [6.07, 6.45) is 0.843. The molecule has 0 saturated heterocycles. The van der Waals surface area contributed by atoms with Crippen LogP contribution < -0.4 is 10.4 Å². The molecule has 142 valence electrons. The highest BCUT2D eigenvalue weighted by atomic mass is 32.2. The van der Waals surface area contributed by atoms with E-state index in [2.05, 4.69) is 15.2 Å². The number of ether oxygens (including phenoxy) is 1. The summed E-state index contributed by atoms with van der Waals surface area (Å²) in [4.78, 5) is 16.0. The van der Waals surface area contributed by atoms with Gasteiger partial charge in [0.25, 0.3) is 0 Å². The zero-order chi connectivity index (χ0) is 19.3. The number of hydrogen-bond acceptors (Lipinski definition) is 6. The number of aryl methyl sites for hydroxylation is 1. The second-order valence-corrected chi connectivity index (χ2v) is 7.35. The lowest BCUT2D eigenvalue weighted by Crippen LogP contribution is -2.00. The fraction of sp³-hybridized carbons (Fsp3) is 0.190. The monoisotopic (exact) mass is 393 g/mol. The van der Waals surface area contributed by atoms with E-state index in [4.69, 9.17) is 9.15 Å². The number of aromatic nitrogens is 3. The molecule has 28 heavy (non-hydrogen) atoms. The highest BCUT2D eigenvalue weighted by Gasteiger charge is 2.06. The number of fused-ring (bicyclic) bond motifs is 1. The van der Waals surface area contributed by atoms with Gasteiger partial charge >= 0.3 is 5.63 Å². The highest BCUT2D eigenvalue weighted by Crippen LogP contribution is 2.23. The van der Waals surface area contributed by atoms with Crippen molar-refractivity contribution in [1.82, 2.24) is 15.2 Å². The number of benzene rings is 2. The molecule has 0 fully saturated rings. The standard InChI is InChI=1S/C21H19N3O3S/c1-14-12-19(25)27-18-13-16(8-9-17(14)18)26-10-5-11-28-21-22-20(23-24-21)15-6-3-2-4-7-15/h2-4,6-9,12-13H,5,10-11H2,1H3,(H,22,23,24). The van der Waals surface area contributed by atoms with Crippen LogP contribution in [0.15, 0.2) is 69.0 Å². The van der Waals surface area contributed by atoms with Crippen LogP contribution in [0, 0.1) is 6.92 Å². The molecule has 0 aliphatic heterocycles. The Balaban J connectivity index is 1.28. The molecule has 2 heterocycles. The number of H-pyrrole nitrogens is 1. The van der Waals surface area contributed by atoms with E-state index in [1.54, 1.807) is 17.8 Å². The molecular weight excluding hydrogens is 374 g/mol. The first-order valence-electron chi connectivity index (χ1n) is 8.97. The first-order valence-corrected chi connectivity index (χ1v) is 9.95. The summed E-state index contributed by atoms with van der Waals surface area (Å²) >= 11 is 1.58. The van der Waals surface area contributed by atoms with Crippen LogP contribution >= 0.6 is 11.8 Å². The third-order valence-electron chi connectivity index (χ3n) is 4.22. The summed E-state index contributed by atoms with van der Waals surface area (Å²) in [7, 11) is 0. The van der Waals surface area contributed by atoms with Crippen molar-refractivity contribution in [3.63, 3.8) is 0 Å². The van der Waals surface area contributed by atoms with E-state index in [-0.39, 0.29) is 5.63 Å². The predicted molar refractivity (Wildman–Crippen MR) is 110 cm³/mol. The summed E-state index contributed by atoms with van der Waals surface area (Å²) < 4.78 is 11.0. The number of nitrogens with one attached hydrogen (secondary N) is 1. The Labute approximate surface area is 166 Å². The van der Waals surface area contributed by atoms with Crippen molar-refractivity contribution in [1.29, 1.82) is 0 Å². The average molecular weight is 393 g/mol. The Kier molecular flexibility index (Phi) is 5.43. The van der Waals surface area contributed by atoms with Crippen LogP contribution in [-0.4, -0.2) is 27.5 Å². The van der Waals surface area contributed by atoms with Gasteiger partial charge in [0.05, 0.1) is 6.61 Å². The Morgan fingerprint density at radius 1 is 1.14 bits per heavy atom. The van der Waals surface area contributed by atoms with E-state index in [1.165, 1.54) is 6.07 Å². The molecule has 0 unspecified atom stereocenters. The SMILES string of the molecule is Cc1cc(=O)oc2cc(OCCCSc3n[nH]c(-c4ccccc4)n3)ccc12. The van der Waals surface area contributed by atoms with E-state index in [0.29, 0.717) is 17.9 Å². The van der Waals surface area contributed by atoms with Gasteiger partial charge in [-0.1, -0.05) is 42.1 Å². The molecule has 0 bridgehead atoms. The molecule has 0 amide bonds. The van der Waals surface area contributed by atoms with Crippen LogP contribution in [0.25, 0.3) is 22.4 Å². The van der Waals surface area contributed by atoms with Gasteiger partial charge in [0.15, 0.2) is 5.82 Å². The molecule has 0 saturated carbocycles. The smallest absolute Gasteiger partial charge is 0.336 e. The molecule has 0 aliphatic carbocycles. The van der Waals surface area contributed by atoms with E-state index in [9.17, 15) is 4.79 Å². The summed E-state index contributed by atoms with van der Waals surface area (Å²) in [6.45, 7) is 2.45. The molecule has 2 aromatic heterocycles. The lowest BCUT2D eigenvalue weighted by atomic mass is 10.1. The van der Waals surface area contributed by atoms with Gasteiger partial charge in [-0.3, -0.25) is 5.10 Å². The van der Waals surface area contributed by atoms with Gasteiger partial charge in [-0.25, -0.2) is 9.78 Å². The van der Waals surface area contributed by atoms with Gasteiger partial charge in [0, 0.05) is 28.8 Å². The van der Waals surface area contributed by atoms with Crippen molar-refractivity contribution >= 4 is 22.7 Å². The first kappa shape index (κ1) is 18.3. The number of thioether (sulfide) groups is 1. The molecule has 1 N–H and O–H groups in total. The zero-order valence-electron chi connectivity index (χ0n) is 15.3. The Morgan fingerprint density at radius 3 is 2.86 bits per heavy atom. The van der Waals surface area contributed by atoms with Gasteiger partial charge in [0.1, 0.15) is 11.3 Å². The van der Waals surface area contributed by atoms with Crippen molar-refractivity contribution in [2.75, 3.05) is 12.4 Å². The fourth-order valence-electron chi connectivity index (χ4n) is 2.84. The van der Waals surface area contributed by atoms with E-state index < -0.39 is 0 Å². The zero-order valence-corrected chi connectivity index (χ0v) is 16.2. The van der Waals surface area contributed by atoms with E-state index in [0.717, 1.165) is 39.7 Å². The van der Waals surface area contributed by atoms with Gasteiger partial charge in [-0.2, -0.15) is 0 Å². The first-order chi connectivity index (χ1) is 13.7. The maximum Gasteiger partial charge on any atom is 0.336 e. The number of nitrogens with zero attached hydrogens (tertiary/aromatic N) is 2. The molecule has 7 heteroatoms. The van der Waals surface area contributed by atoms with E-state index >= 15 is 0 Å². The fourth-order valence-corrected chi connectivity index (χ4v) is 3.55. The molecule has 4 aromatic rings. The van der Waals surface area contributed by atoms with Crippen molar-refractivity contribution in [3.8, 4) is 17.1 Å². The van der Waals surface area contributed by atoms with Crippen molar-refractivity contribution < 1.29 is 9.15 Å². The minimum Gasteiger partial charge on any atom is -0.493 e. The summed E-state index contributed by atoms with van der Waals surface area (Å²) in [5.41, 5.74) is 2.12. The van der Waals surface area contributed by atoms with Crippen molar-refractivity contribution in [2.45, 2.75) is 18.5 Å². The highest BCUT2D eigenvalue weighted by molar-refractivity contribution is 7.99. The molecule has 2 aromatic carbocycles.